The lowest BCUT2D eigenvalue weighted by atomic mass is 10.1. The Hall–Kier alpha value is -1.93. The van der Waals surface area contributed by atoms with Crippen molar-refractivity contribution in [3.8, 4) is 0 Å². The molecule has 2 rings (SSSR count). The Morgan fingerprint density at radius 3 is 2.54 bits per heavy atom. The molecule has 0 fully saturated rings. The van der Waals surface area contributed by atoms with E-state index in [0.717, 1.165) is 4.47 Å². The van der Waals surface area contributed by atoms with E-state index in [0.29, 0.717) is 16.9 Å². The Morgan fingerprint density at radius 2 is 1.88 bits per heavy atom. The van der Waals surface area contributed by atoms with E-state index in [4.69, 9.17) is 9.47 Å². The molecule has 0 unspecified atom stereocenters. The lowest BCUT2D eigenvalue weighted by Gasteiger charge is -2.15. The summed E-state index contributed by atoms with van der Waals surface area (Å²) in [5.41, 5.74) is 2.63. The van der Waals surface area contributed by atoms with Gasteiger partial charge in [0.25, 0.3) is 0 Å². The zero-order valence-electron chi connectivity index (χ0n) is 14.4. The second-order valence-electron chi connectivity index (χ2n) is 5.77. The van der Waals surface area contributed by atoms with Crippen LogP contribution in [0.3, 0.4) is 0 Å². The molecule has 0 aromatic heterocycles. The number of carbonyl (C=O) groups excluding carboxylic acids is 3. The van der Waals surface area contributed by atoms with Crippen LogP contribution in [0.4, 0.5) is 0 Å². The highest BCUT2D eigenvalue weighted by atomic mass is 79.9. The van der Waals surface area contributed by atoms with Crippen molar-refractivity contribution in [1.82, 2.24) is 0 Å². The van der Waals surface area contributed by atoms with E-state index < -0.39 is 5.97 Å². The molecule has 1 aromatic rings. The van der Waals surface area contributed by atoms with E-state index in [1.807, 2.05) is 0 Å². The van der Waals surface area contributed by atoms with Gasteiger partial charge in [-0.2, -0.15) is 0 Å². The molecule has 26 heavy (non-hydrogen) atoms. The number of thioether (sulfide) groups is 1. The third kappa shape index (κ3) is 5.81. The minimum atomic E-state index is -0.706. The Balaban J connectivity index is 1.98. The summed E-state index contributed by atoms with van der Waals surface area (Å²) in [6.07, 6.45) is 0. The molecule has 1 aliphatic heterocycles. The van der Waals surface area contributed by atoms with Crippen molar-refractivity contribution in [1.29, 1.82) is 0 Å². The van der Waals surface area contributed by atoms with E-state index >= 15 is 0 Å². The fourth-order valence-corrected chi connectivity index (χ4v) is 2.88. The van der Waals surface area contributed by atoms with Gasteiger partial charge >= 0.3 is 11.9 Å². The monoisotopic (exact) mass is 439 g/mol. The summed E-state index contributed by atoms with van der Waals surface area (Å²) >= 11 is 4.68. The third-order valence-electron chi connectivity index (χ3n) is 3.40. The van der Waals surface area contributed by atoms with Crippen molar-refractivity contribution < 1.29 is 23.9 Å². The van der Waals surface area contributed by atoms with E-state index in [1.54, 1.807) is 38.1 Å². The number of aliphatic imine (C=N–C) groups is 1. The van der Waals surface area contributed by atoms with Gasteiger partial charge in [0, 0.05) is 21.4 Å². The number of benzene rings is 1. The van der Waals surface area contributed by atoms with Crippen LogP contribution >= 0.6 is 27.7 Å². The predicted molar refractivity (Wildman–Crippen MR) is 103 cm³/mol. The van der Waals surface area contributed by atoms with Crippen molar-refractivity contribution >= 4 is 51.0 Å². The van der Waals surface area contributed by atoms with Gasteiger partial charge in [0.1, 0.15) is 6.61 Å². The summed E-state index contributed by atoms with van der Waals surface area (Å²) in [4.78, 5) is 40.0. The molecule has 0 spiro atoms. The maximum Gasteiger partial charge on any atom is 0.357 e. The molecule has 0 amide bonds. The number of esters is 2. The first kappa shape index (κ1) is 20.4. The van der Waals surface area contributed by atoms with Crippen LogP contribution in [0, 0.1) is 5.92 Å². The SMILES string of the molecule is CC(C)C(=O)OCC1=C(C(=O)OCC(=O)c2ccc(Br)cc2)N=CSC1. The predicted octanol–water partition coefficient (Wildman–Crippen LogP) is 3.40. The van der Waals surface area contributed by atoms with Gasteiger partial charge in [0.15, 0.2) is 18.1 Å². The van der Waals surface area contributed by atoms with Crippen LogP contribution < -0.4 is 0 Å². The highest BCUT2D eigenvalue weighted by Crippen LogP contribution is 2.20. The van der Waals surface area contributed by atoms with Crippen LogP contribution in [0.15, 0.2) is 45.0 Å². The van der Waals surface area contributed by atoms with Crippen molar-refractivity contribution in [2.45, 2.75) is 13.8 Å². The van der Waals surface area contributed by atoms with Crippen LogP contribution in [0.5, 0.6) is 0 Å². The number of rotatable bonds is 7. The Labute approximate surface area is 164 Å². The first-order valence-corrected chi connectivity index (χ1v) is 9.71. The van der Waals surface area contributed by atoms with Gasteiger partial charge in [-0.05, 0) is 12.1 Å². The highest BCUT2D eigenvalue weighted by molar-refractivity contribution is 9.10. The zero-order valence-corrected chi connectivity index (χ0v) is 16.8. The standard InChI is InChI=1S/C18H18BrNO5S/c1-11(2)17(22)24-7-13-9-26-10-20-16(13)18(23)25-8-15(21)12-3-5-14(19)6-4-12/h3-6,10-11H,7-9H2,1-2H3. The van der Waals surface area contributed by atoms with Gasteiger partial charge in [-0.25, -0.2) is 9.79 Å². The van der Waals surface area contributed by atoms with Crippen LogP contribution in [0.2, 0.25) is 0 Å². The fraction of sp³-hybridized carbons (Fsp3) is 0.333. The van der Waals surface area contributed by atoms with E-state index in [2.05, 4.69) is 20.9 Å². The lowest BCUT2D eigenvalue weighted by molar-refractivity contribution is -0.146. The summed E-state index contributed by atoms with van der Waals surface area (Å²) in [5, 5.41) is 0. The number of halogens is 1. The molecule has 138 valence electrons. The molecule has 1 heterocycles. The first-order valence-electron chi connectivity index (χ1n) is 7.87. The summed E-state index contributed by atoms with van der Waals surface area (Å²) in [7, 11) is 0. The molecule has 0 saturated heterocycles. The minimum Gasteiger partial charge on any atom is -0.461 e. The van der Waals surface area contributed by atoms with Crippen molar-refractivity contribution in [2.24, 2.45) is 10.9 Å². The molecule has 0 atom stereocenters. The van der Waals surface area contributed by atoms with Gasteiger partial charge < -0.3 is 9.47 Å². The molecule has 0 saturated carbocycles. The molecule has 0 aliphatic carbocycles. The average Bonchev–Trinajstić information content (AvgIpc) is 2.64. The minimum absolute atomic E-state index is 0.0214. The van der Waals surface area contributed by atoms with Gasteiger partial charge in [-0.3, -0.25) is 9.59 Å². The van der Waals surface area contributed by atoms with Gasteiger partial charge in [0.05, 0.1) is 11.5 Å². The molecule has 8 heteroatoms. The Morgan fingerprint density at radius 1 is 1.19 bits per heavy atom. The molecule has 0 N–H and O–H groups in total. The summed E-state index contributed by atoms with van der Waals surface area (Å²) in [6, 6.07) is 6.76. The second kappa shape index (κ2) is 9.68. The van der Waals surface area contributed by atoms with Gasteiger partial charge in [0.2, 0.25) is 0 Å². The molecular weight excluding hydrogens is 422 g/mol. The summed E-state index contributed by atoms with van der Waals surface area (Å²) < 4.78 is 11.1. The molecule has 1 aliphatic rings. The van der Waals surface area contributed by atoms with Crippen molar-refractivity contribution in [2.75, 3.05) is 19.0 Å². The van der Waals surface area contributed by atoms with E-state index in [1.165, 1.54) is 17.3 Å². The lowest BCUT2D eigenvalue weighted by Crippen LogP contribution is -2.20. The third-order valence-corrected chi connectivity index (χ3v) is 4.70. The maximum absolute atomic E-state index is 12.3. The second-order valence-corrected chi connectivity index (χ2v) is 7.51. The number of ether oxygens (including phenoxy) is 2. The molecular formula is C18H18BrNO5S. The normalized spacial score (nSPS) is 13.7. The molecule has 1 aromatic carbocycles. The van der Waals surface area contributed by atoms with Crippen molar-refractivity contribution in [3.63, 3.8) is 0 Å². The first-order chi connectivity index (χ1) is 12.4. The highest BCUT2D eigenvalue weighted by Gasteiger charge is 2.22. The smallest absolute Gasteiger partial charge is 0.357 e. The van der Waals surface area contributed by atoms with Gasteiger partial charge in [-0.1, -0.05) is 41.9 Å². The quantitative estimate of drug-likeness (QED) is 0.478. The topological polar surface area (TPSA) is 82.0 Å². The molecule has 0 bridgehead atoms. The van der Waals surface area contributed by atoms with E-state index in [9.17, 15) is 14.4 Å². The van der Waals surface area contributed by atoms with Crippen LogP contribution in [0.25, 0.3) is 0 Å². The molecule has 6 nitrogen and oxygen atoms in total. The van der Waals surface area contributed by atoms with Gasteiger partial charge in [-0.15, -0.1) is 11.8 Å². The fourth-order valence-electron chi connectivity index (χ4n) is 1.94. The maximum atomic E-state index is 12.3. The van der Waals surface area contributed by atoms with Crippen LogP contribution in [0.1, 0.15) is 24.2 Å². The van der Waals surface area contributed by atoms with Crippen LogP contribution in [-0.2, 0) is 19.1 Å². The number of carbonyl (C=O) groups is 3. The van der Waals surface area contributed by atoms with E-state index in [-0.39, 0.29) is 36.6 Å². The van der Waals surface area contributed by atoms with Crippen LogP contribution in [-0.4, -0.2) is 42.2 Å². The largest absolute Gasteiger partial charge is 0.461 e. The number of ketones is 1. The number of Topliss-reactive ketones (excluding diaryl/α,β-unsaturated/α-hetero) is 1. The Bertz CT molecular complexity index is 755. The van der Waals surface area contributed by atoms with Crippen molar-refractivity contribution in [3.05, 3.63) is 45.6 Å². The number of hydrogen-bond donors (Lipinski definition) is 0. The zero-order chi connectivity index (χ0) is 19.1. The average molecular weight is 440 g/mol. The number of nitrogens with zero attached hydrogens (tertiary/aromatic N) is 1. The Kier molecular flexibility index (Phi) is 7.59. The summed E-state index contributed by atoms with van der Waals surface area (Å²) in [5.74, 6) is -1.15. The summed E-state index contributed by atoms with van der Waals surface area (Å²) in [6.45, 7) is 3.05. The number of hydrogen-bond acceptors (Lipinski definition) is 7. The molecule has 0 radical (unpaired) electrons.